The number of hydrogen-bond acceptors (Lipinski definition) is 2. The predicted molar refractivity (Wildman–Crippen MR) is 69.6 cm³/mol. The van der Waals surface area contributed by atoms with E-state index < -0.39 is 5.97 Å². The van der Waals surface area contributed by atoms with Crippen molar-refractivity contribution in [3.05, 3.63) is 35.4 Å². The lowest BCUT2D eigenvalue weighted by molar-refractivity contribution is -0.124. The van der Waals surface area contributed by atoms with Gasteiger partial charge in [0, 0.05) is 12.5 Å². The Morgan fingerprint density at radius 2 is 2.00 bits per heavy atom. The van der Waals surface area contributed by atoms with Gasteiger partial charge in [-0.15, -0.1) is 0 Å². The molecule has 4 nitrogen and oxygen atoms in total. The van der Waals surface area contributed by atoms with Gasteiger partial charge in [0.2, 0.25) is 5.91 Å². The third kappa shape index (κ3) is 3.87. The van der Waals surface area contributed by atoms with Crippen molar-refractivity contribution in [2.75, 3.05) is 6.54 Å². The van der Waals surface area contributed by atoms with Gasteiger partial charge in [0.15, 0.2) is 0 Å². The van der Waals surface area contributed by atoms with Crippen molar-refractivity contribution in [2.45, 2.75) is 26.7 Å². The minimum absolute atomic E-state index is 0.000262. The first kappa shape index (κ1) is 14.2. The van der Waals surface area contributed by atoms with Crippen LogP contribution in [0.2, 0.25) is 0 Å². The lowest BCUT2D eigenvalue weighted by Gasteiger charge is -2.10. The molecule has 0 radical (unpaired) electrons. The zero-order valence-corrected chi connectivity index (χ0v) is 10.8. The van der Waals surface area contributed by atoms with E-state index in [0.29, 0.717) is 18.5 Å². The minimum Gasteiger partial charge on any atom is -0.478 e. The lowest BCUT2D eigenvalue weighted by atomic mass is 10.0. The van der Waals surface area contributed by atoms with E-state index in [1.165, 1.54) is 0 Å². The second kappa shape index (κ2) is 6.79. The molecule has 0 fully saturated rings. The van der Waals surface area contributed by atoms with Crippen LogP contribution in [0, 0.1) is 5.92 Å². The Morgan fingerprint density at radius 3 is 2.61 bits per heavy atom. The van der Waals surface area contributed by atoms with Crippen LogP contribution in [0.4, 0.5) is 0 Å². The zero-order valence-electron chi connectivity index (χ0n) is 10.8. The molecule has 2 N–H and O–H groups in total. The van der Waals surface area contributed by atoms with Gasteiger partial charge in [0.05, 0.1) is 5.56 Å². The van der Waals surface area contributed by atoms with Gasteiger partial charge in [-0.25, -0.2) is 4.79 Å². The van der Waals surface area contributed by atoms with Gasteiger partial charge in [-0.05, 0) is 24.5 Å². The number of nitrogens with one attached hydrogen (secondary N) is 1. The summed E-state index contributed by atoms with van der Waals surface area (Å²) in [6, 6.07) is 6.86. The van der Waals surface area contributed by atoms with E-state index in [1.807, 2.05) is 13.8 Å². The number of rotatable bonds is 6. The van der Waals surface area contributed by atoms with Crippen LogP contribution in [0.3, 0.4) is 0 Å². The highest BCUT2D eigenvalue weighted by Crippen LogP contribution is 2.09. The average molecular weight is 249 g/mol. The van der Waals surface area contributed by atoms with Gasteiger partial charge in [-0.1, -0.05) is 32.0 Å². The summed E-state index contributed by atoms with van der Waals surface area (Å²) >= 11 is 0. The van der Waals surface area contributed by atoms with Crippen molar-refractivity contribution in [1.82, 2.24) is 5.32 Å². The summed E-state index contributed by atoms with van der Waals surface area (Å²) in [7, 11) is 0. The van der Waals surface area contributed by atoms with Gasteiger partial charge in [0.25, 0.3) is 0 Å². The largest absolute Gasteiger partial charge is 0.478 e. The highest BCUT2D eigenvalue weighted by atomic mass is 16.4. The summed E-state index contributed by atoms with van der Waals surface area (Å²) in [5.74, 6) is -0.913. The van der Waals surface area contributed by atoms with Crippen LogP contribution in [-0.2, 0) is 11.2 Å². The molecule has 0 aliphatic heterocycles. The molecule has 1 atom stereocenters. The summed E-state index contributed by atoms with van der Waals surface area (Å²) in [4.78, 5) is 22.5. The predicted octanol–water partition coefficient (Wildman–Crippen LogP) is 2.09. The molecule has 0 aromatic heterocycles. The summed E-state index contributed by atoms with van der Waals surface area (Å²) in [5, 5.41) is 11.8. The van der Waals surface area contributed by atoms with Gasteiger partial charge >= 0.3 is 5.97 Å². The number of benzene rings is 1. The Hall–Kier alpha value is -1.84. The van der Waals surface area contributed by atoms with E-state index in [4.69, 9.17) is 5.11 Å². The highest BCUT2D eigenvalue weighted by Gasteiger charge is 2.11. The first-order chi connectivity index (χ1) is 8.56. The van der Waals surface area contributed by atoms with E-state index >= 15 is 0 Å². The van der Waals surface area contributed by atoms with Gasteiger partial charge in [0.1, 0.15) is 0 Å². The van der Waals surface area contributed by atoms with Crippen LogP contribution in [0.5, 0.6) is 0 Å². The molecule has 0 spiro atoms. The highest BCUT2D eigenvalue weighted by molar-refractivity contribution is 5.89. The second-order valence-electron chi connectivity index (χ2n) is 4.31. The molecule has 0 saturated heterocycles. The van der Waals surface area contributed by atoms with E-state index in [2.05, 4.69) is 5.32 Å². The fourth-order valence-electron chi connectivity index (χ4n) is 1.63. The van der Waals surface area contributed by atoms with Crippen molar-refractivity contribution < 1.29 is 14.7 Å². The number of carboxylic acid groups (broad SMARTS) is 1. The topological polar surface area (TPSA) is 66.4 Å². The smallest absolute Gasteiger partial charge is 0.335 e. The standard InChI is InChI=1S/C14H19NO3/c1-3-10(2)13(16)15-9-8-11-6-4-5-7-12(11)14(17)18/h4-7,10H,3,8-9H2,1-2H3,(H,15,16)(H,17,18). The van der Waals surface area contributed by atoms with Crippen LogP contribution < -0.4 is 5.32 Å². The van der Waals surface area contributed by atoms with Crippen LogP contribution in [0.15, 0.2) is 24.3 Å². The van der Waals surface area contributed by atoms with Crippen molar-refractivity contribution in [2.24, 2.45) is 5.92 Å². The van der Waals surface area contributed by atoms with Crippen molar-refractivity contribution >= 4 is 11.9 Å². The maximum Gasteiger partial charge on any atom is 0.335 e. The third-order valence-electron chi connectivity index (χ3n) is 3.00. The van der Waals surface area contributed by atoms with E-state index in [-0.39, 0.29) is 11.8 Å². The normalized spacial score (nSPS) is 11.9. The number of carboxylic acids is 1. The van der Waals surface area contributed by atoms with Crippen LogP contribution in [0.1, 0.15) is 36.2 Å². The lowest BCUT2D eigenvalue weighted by Crippen LogP contribution is -2.30. The van der Waals surface area contributed by atoms with E-state index in [9.17, 15) is 9.59 Å². The molecule has 0 aliphatic carbocycles. The number of carbonyl (C=O) groups is 2. The monoisotopic (exact) mass is 249 g/mol. The first-order valence-corrected chi connectivity index (χ1v) is 6.15. The molecule has 0 bridgehead atoms. The minimum atomic E-state index is -0.932. The Kier molecular flexibility index (Phi) is 5.36. The number of aromatic carboxylic acids is 1. The van der Waals surface area contributed by atoms with Gasteiger partial charge in [-0.3, -0.25) is 4.79 Å². The SMILES string of the molecule is CCC(C)C(=O)NCCc1ccccc1C(=O)O. The third-order valence-corrected chi connectivity index (χ3v) is 3.00. The molecular weight excluding hydrogens is 230 g/mol. The maximum absolute atomic E-state index is 11.6. The summed E-state index contributed by atoms with van der Waals surface area (Å²) in [6.07, 6.45) is 1.34. The Balaban J connectivity index is 2.54. The summed E-state index contributed by atoms with van der Waals surface area (Å²) < 4.78 is 0. The molecule has 1 unspecified atom stereocenters. The van der Waals surface area contributed by atoms with Crippen molar-refractivity contribution in [3.8, 4) is 0 Å². The van der Waals surface area contributed by atoms with E-state index in [0.717, 1.165) is 12.0 Å². The number of hydrogen-bond donors (Lipinski definition) is 2. The van der Waals surface area contributed by atoms with Crippen molar-refractivity contribution in [3.63, 3.8) is 0 Å². The molecule has 18 heavy (non-hydrogen) atoms. The fourth-order valence-corrected chi connectivity index (χ4v) is 1.63. The molecule has 1 aromatic rings. The maximum atomic E-state index is 11.6. The summed E-state index contributed by atoms with van der Waals surface area (Å²) in [5.41, 5.74) is 1.05. The van der Waals surface area contributed by atoms with Crippen LogP contribution >= 0.6 is 0 Å². The van der Waals surface area contributed by atoms with Crippen LogP contribution in [0.25, 0.3) is 0 Å². The molecule has 0 aliphatic rings. The van der Waals surface area contributed by atoms with Gasteiger partial charge < -0.3 is 10.4 Å². The zero-order chi connectivity index (χ0) is 13.5. The van der Waals surface area contributed by atoms with E-state index in [1.54, 1.807) is 24.3 Å². The molecule has 98 valence electrons. The molecule has 1 rings (SSSR count). The first-order valence-electron chi connectivity index (χ1n) is 6.15. The molecule has 1 amide bonds. The fraction of sp³-hybridized carbons (Fsp3) is 0.429. The van der Waals surface area contributed by atoms with Crippen LogP contribution in [-0.4, -0.2) is 23.5 Å². The Bertz CT molecular complexity index is 429. The molecule has 0 heterocycles. The molecule has 0 saturated carbocycles. The molecular formula is C14H19NO3. The van der Waals surface area contributed by atoms with Gasteiger partial charge in [-0.2, -0.15) is 0 Å². The number of carbonyl (C=O) groups excluding carboxylic acids is 1. The molecule has 4 heteroatoms. The molecule has 1 aromatic carbocycles. The Labute approximate surface area is 107 Å². The van der Waals surface area contributed by atoms with Crippen molar-refractivity contribution in [1.29, 1.82) is 0 Å². The average Bonchev–Trinajstić information content (AvgIpc) is 2.38. The Morgan fingerprint density at radius 1 is 1.33 bits per heavy atom. The quantitative estimate of drug-likeness (QED) is 0.811. The summed E-state index contributed by atoms with van der Waals surface area (Å²) in [6.45, 7) is 4.30. The second-order valence-corrected chi connectivity index (χ2v) is 4.31. The number of amides is 1.